The number of morpholine rings is 1. The molecule has 1 saturated heterocycles. The summed E-state index contributed by atoms with van der Waals surface area (Å²) >= 11 is 1.41. The summed E-state index contributed by atoms with van der Waals surface area (Å²) in [5.74, 6) is 2.56. The van der Waals surface area contributed by atoms with Crippen LogP contribution in [0.1, 0.15) is 49.5 Å². The molecule has 2 aromatic carbocycles. The molecule has 1 fully saturated rings. The fourth-order valence-corrected chi connectivity index (χ4v) is 6.84. The third-order valence-corrected chi connectivity index (χ3v) is 8.83. The molecule has 7 nitrogen and oxygen atoms in total. The van der Waals surface area contributed by atoms with Gasteiger partial charge in [-0.25, -0.2) is 8.42 Å². The Morgan fingerprint density at radius 1 is 1.17 bits per heavy atom. The highest BCUT2D eigenvalue weighted by Gasteiger charge is 2.32. The van der Waals surface area contributed by atoms with Crippen LogP contribution in [0, 0.1) is 12.3 Å². The number of terminal acetylenes is 1. The summed E-state index contributed by atoms with van der Waals surface area (Å²) in [4.78, 5) is 18.0. The number of hydrogen-bond acceptors (Lipinski definition) is 5. The van der Waals surface area contributed by atoms with Gasteiger partial charge >= 0.3 is 0 Å². The smallest absolute Gasteiger partial charge is 0.279 e. The van der Waals surface area contributed by atoms with E-state index in [2.05, 4.69) is 36.9 Å². The van der Waals surface area contributed by atoms with Crippen LogP contribution in [-0.4, -0.2) is 48.5 Å². The van der Waals surface area contributed by atoms with Crippen LogP contribution < -0.4 is 4.80 Å². The molecular formula is C26H29N3O4S2. The van der Waals surface area contributed by atoms with Crippen molar-refractivity contribution in [1.82, 2.24) is 8.87 Å². The van der Waals surface area contributed by atoms with Crippen molar-refractivity contribution in [2.45, 2.75) is 57.3 Å². The second-order valence-corrected chi connectivity index (χ2v) is 12.0. The molecule has 9 heteroatoms. The van der Waals surface area contributed by atoms with Gasteiger partial charge in [0.05, 0.1) is 33.9 Å². The van der Waals surface area contributed by atoms with Gasteiger partial charge in [0.2, 0.25) is 10.0 Å². The van der Waals surface area contributed by atoms with Crippen LogP contribution in [0.3, 0.4) is 0 Å². The number of sulfonamides is 1. The monoisotopic (exact) mass is 511 g/mol. The van der Waals surface area contributed by atoms with E-state index in [0.29, 0.717) is 35.9 Å². The third-order valence-electron chi connectivity index (χ3n) is 5.95. The van der Waals surface area contributed by atoms with Crippen molar-refractivity contribution in [1.29, 1.82) is 0 Å². The minimum atomic E-state index is -3.68. The van der Waals surface area contributed by atoms with Gasteiger partial charge in [0.1, 0.15) is 0 Å². The molecule has 1 aliphatic heterocycles. The summed E-state index contributed by atoms with van der Waals surface area (Å²) in [5, 5.41) is 0. The van der Waals surface area contributed by atoms with Gasteiger partial charge in [0.15, 0.2) is 4.80 Å². The first kappa shape index (κ1) is 25.3. The number of fused-ring (bicyclic) bond motifs is 1. The molecule has 0 aliphatic carbocycles. The van der Waals surface area contributed by atoms with Gasteiger partial charge in [-0.05, 0) is 61.7 Å². The minimum absolute atomic E-state index is 0.140. The van der Waals surface area contributed by atoms with E-state index in [1.807, 2.05) is 24.5 Å². The Morgan fingerprint density at radius 3 is 2.43 bits per heavy atom. The normalized spacial score (nSPS) is 19.8. The third kappa shape index (κ3) is 5.26. The van der Waals surface area contributed by atoms with Gasteiger partial charge in [-0.2, -0.15) is 9.30 Å². The lowest BCUT2D eigenvalue weighted by Crippen LogP contribution is -2.48. The van der Waals surface area contributed by atoms with Gasteiger partial charge in [-0.1, -0.05) is 37.2 Å². The lowest BCUT2D eigenvalue weighted by Gasteiger charge is -2.34. The van der Waals surface area contributed by atoms with E-state index in [1.54, 1.807) is 0 Å². The van der Waals surface area contributed by atoms with Gasteiger partial charge < -0.3 is 9.30 Å². The molecule has 35 heavy (non-hydrogen) atoms. The van der Waals surface area contributed by atoms with E-state index in [-0.39, 0.29) is 17.1 Å². The molecule has 0 saturated carbocycles. The number of nitrogens with zero attached hydrogens (tertiary/aromatic N) is 3. The molecular weight excluding hydrogens is 482 g/mol. The Kier molecular flexibility index (Phi) is 7.29. The maximum Gasteiger partial charge on any atom is 0.279 e. The first-order valence-electron chi connectivity index (χ1n) is 11.5. The van der Waals surface area contributed by atoms with Gasteiger partial charge in [0.25, 0.3) is 5.91 Å². The van der Waals surface area contributed by atoms with Crippen molar-refractivity contribution in [2.75, 3.05) is 13.1 Å². The average molecular weight is 512 g/mol. The van der Waals surface area contributed by atoms with Crippen LogP contribution in [0.5, 0.6) is 0 Å². The highest BCUT2D eigenvalue weighted by Crippen LogP contribution is 2.24. The molecule has 1 aromatic heterocycles. The molecule has 0 N–H and O–H groups in total. The van der Waals surface area contributed by atoms with Gasteiger partial charge in [0, 0.05) is 18.7 Å². The summed E-state index contributed by atoms with van der Waals surface area (Å²) in [6.45, 7) is 8.84. The Labute approximate surface area is 210 Å². The highest BCUT2D eigenvalue weighted by atomic mass is 32.2. The van der Waals surface area contributed by atoms with E-state index in [1.165, 1.54) is 45.5 Å². The predicted molar refractivity (Wildman–Crippen MR) is 138 cm³/mol. The molecule has 1 aliphatic rings. The molecule has 0 spiro atoms. The fourth-order valence-electron chi connectivity index (χ4n) is 4.18. The number of benzene rings is 2. The summed E-state index contributed by atoms with van der Waals surface area (Å²) in [6.07, 6.45) is 5.21. The molecule has 184 valence electrons. The number of carbonyl (C=O) groups is 1. The number of ether oxygens (including phenoxy) is 1. The van der Waals surface area contributed by atoms with Crippen molar-refractivity contribution in [3.05, 3.63) is 58.4 Å². The molecule has 2 atom stereocenters. The average Bonchev–Trinajstić information content (AvgIpc) is 3.14. The molecule has 4 rings (SSSR count). The van der Waals surface area contributed by atoms with Crippen molar-refractivity contribution >= 4 is 37.5 Å². The summed E-state index contributed by atoms with van der Waals surface area (Å²) in [7, 11) is -3.68. The van der Waals surface area contributed by atoms with Crippen molar-refractivity contribution < 1.29 is 17.9 Å². The van der Waals surface area contributed by atoms with E-state index < -0.39 is 15.9 Å². The van der Waals surface area contributed by atoms with Crippen LogP contribution in [0.25, 0.3) is 10.2 Å². The number of rotatable bonds is 5. The van der Waals surface area contributed by atoms with Crippen molar-refractivity contribution in [3.63, 3.8) is 0 Å². The zero-order chi connectivity index (χ0) is 25.3. The van der Waals surface area contributed by atoms with E-state index >= 15 is 0 Å². The second-order valence-electron chi connectivity index (χ2n) is 9.08. The zero-order valence-electron chi connectivity index (χ0n) is 20.3. The quantitative estimate of drug-likeness (QED) is 0.485. The van der Waals surface area contributed by atoms with Crippen LogP contribution in [-0.2, 0) is 21.3 Å². The van der Waals surface area contributed by atoms with Crippen molar-refractivity contribution in [2.24, 2.45) is 4.99 Å². The molecule has 0 radical (unpaired) electrons. The standard InChI is InChI=1S/C26H29N3O4S2/c1-6-13-29-23-12-9-21(17(2)3)14-24(23)34-26(29)27-25(30)20-7-10-22(11-8-20)35(31,32)28-15-18(4)33-19(5)16-28/h1,7-12,14,17-19H,13,15-16H2,2-5H3. The van der Waals surface area contributed by atoms with E-state index in [0.717, 1.165) is 10.2 Å². The number of carbonyl (C=O) groups excluding carboxylic acids is 1. The van der Waals surface area contributed by atoms with E-state index in [9.17, 15) is 13.2 Å². The molecule has 2 heterocycles. The van der Waals surface area contributed by atoms with Crippen LogP contribution in [0.4, 0.5) is 0 Å². The maximum atomic E-state index is 13.1. The first-order valence-corrected chi connectivity index (χ1v) is 13.8. The molecule has 0 bridgehead atoms. The largest absolute Gasteiger partial charge is 0.373 e. The lowest BCUT2D eigenvalue weighted by molar-refractivity contribution is -0.0440. The second kappa shape index (κ2) is 10.1. The van der Waals surface area contributed by atoms with Gasteiger partial charge in [-0.15, -0.1) is 6.42 Å². The zero-order valence-corrected chi connectivity index (χ0v) is 21.9. The Morgan fingerprint density at radius 2 is 1.83 bits per heavy atom. The lowest BCUT2D eigenvalue weighted by atomic mass is 10.0. The minimum Gasteiger partial charge on any atom is -0.373 e. The highest BCUT2D eigenvalue weighted by molar-refractivity contribution is 7.89. The summed E-state index contributed by atoms with van der Waals surface area (Å²) < 4.78 is 36.1. The van der Waals surface area contributed by atoms with E-state index in [4.69, 9.17) is 11.2 Å². The van der Waals surface area contributed by atoms with Crippen LogP contribution in [0.15, 0.2) is 52.4 Å². The first-order chi connectivity index (χ1) is 16.6. The Bertz CT molecular complexity index is 1450. The maximum absolute atomic E-state index is 13.1. The number of thiazole rings is 1. The number of aromatic nitrogens is 1. The number of hydrogen-bond donors (Lipinski definition) is 0. The Balaban J connectivity index is 1.65. The Hall–Kier alpha value is -2.77. The molecule has 3 aromatic rings. The topological polar surface area (TPSA) is 81.0 Å². The molecule has 1 amide bonds. The van der Waals surface area contributed by atoms with Gasteiger partial charge in [-0.3, -0.25) is 4.79 Å². The number of amides is 1. The molecule has 2 unspecified atom stereocenters. The fraction of sp³-hybridized carbons (Fsp3) is 0.385. The van der Waals surface area contributed by atoms with Crippen molar-refractivity contribution in [3.8, 4) is 12.3 Å². The van der Waals surface area contributed by atoms with Crippen LogP contribution >= 0.6 is 11.3 Å². The SMILES string of the molecule is C#CCn1c(=NC(=O)c2ccc(S(=O)(=O)N3CC(C)OC(C)C3)cc2)sc2cc(C(C)C)ccc21. The summed E-state index contributed by atoms with van der Waals surface area (Å²) in [6, 6.07) is 12.1. The predicted octanol–water partition coefficient (Wildman–Crippen LogP) is 4.00. The van der Waals surface area contributed by atoms with Crippen LogP contribution in [0.2, 0.25) is 0 Å². The summed E-state index contributed by atoms with van der Waals surface area (Å²) in [5.41, 5.74) is 2.44.